The maximum absolute atomic E-state index is 13.4. The third kappa shape index (κ3) is 4.59. The number of carbonyl (C=O) groups is 1. The van der Waals surface area contributed by atoms with Gasteiger partial charge in [0.15, 0.2) is 0 Å². The van der Waals surface area contributed by atoms with E-state index < -0.39 is 0 Å². The molecule has 0 unspecified atom stereocenters. The third-order valence-corrected chi connectivity index (χ3v) is 6.89. The summed E-state index contributed by atoms with van der Waals surface area (Å²) >= 11 is 12.6. The molecule has 31 heavy (non-hydrogen) atoms. The highest BCUT2D eigenvalue weighted by molar-refractivity contribution is 6.42. The Bertz CT molecular complexity index is 1090. The summed E-state index contributed by atoms with van der Waals surface area (Å²) in [5.74, 6) is 0.955. The van der Waals surface area contributed by atoms with Gasteiger partial charge in [-0.25, -0.2) is 4.98 Å². The van der Waals surface area contributed by atoms with E-state index in [1.807, 2.05) is 22.5 Å². The largest absolute Gasteiger partial charge is 0.338 e. The standard InChI is InChI=1S/C24H28Cl2N4O/c1-4-28-9-11-29(12-10-28)24(31)17(3)30-22-15-20(26)19(25)14-21(22)27-23(30)13-18-7-5-16(2)6-8-18/h5-8,14-15,17H,4,9-13H2,1-3H3/t17-/m0/s1. The Kier molecular flexibility index (Phi) is 6.56. The molecule has 0 spiro atoms. The van der Waals surface area contributed by atoms with Crippen LogP contribution < -0.4 is 0 Å². The molecule has 0 N–H and O–H groups in total. The predicted octanol–water partition coefficient (Wildman–Crippen LogP) is 4.97. The molecule has 7 heteroatoms. The second-order valence-corrected chi connectivity index (χ2v) is 9.07. The fraction of sp³-hybridized carbons (Fsp3) is 0.417. The van der Waals surface area contributed by atoms with Gasteiger partial charge in [-0.2, -0.15) is 0 Å². The number of fused-ring (bicyclic) bond motifs is 1. The second kappa shape index (κ2) is 9.19. The van der Waals surface area contributed by atoms with Gasteiger partial charge in [-0.1, -0.05) is 60.0 Å². The van der Waals surface area contributed by atoms with Gasteiger partial charge in [-0.05, 0) is 38.1 Å². The Morgan fingerprint density at radius 3 is 2.35 bits per heavy atom. The van der Waals surface area contributed by atoms with Gasteiger partial charge < -0.3 is 14.4 Å². The summed E-state index contributed by atoms with van der Waals surface area (Å²) in [6.45, 7) is 10.5. The van der Waals surface area contributed by atoms with E-state index in [1.165, 1.54) is 5.56 Å². The van der Waals surface area contributed by atoms with Crippen LogP contribution in [0.15, 0.2) is 36.4 Å². The highest BCUT2D eigenvalue weighted by Crippen LogP contribution is 2.31. The molecule has 1 aromatic heterocycles. The van der Waals surface area contributed by atoms with Gasteiger partial charge in [0.1, 0.15) is 11.9 Å². The molecule has 1 aliphatic heterocycles. The number of nitrogens with zero attached hydrogens (tertiary/aromatic N) is 4. The fourth-order valence-electron chi connectivity index (χ4n) is 4.24. The van der Waals surface area contributed by atoms with Crippen LogP contribution >= 0.6 is 23.2 Å². The molecule has 3 aromatic rings. The maximum Gasteiger partial charge on any atom is 0.245 e. The number of hydrogen-bond donors (Lipinski definition) is 0. The molecule has 1 atom stereocenters. The highest BCUT2D eigenvalue weighted by Gasteiger charge is 2.28. The lowest BCUT2D eigenvalue weighted by atomic mass is 10.1. The van der Waals surface area contributed by atoms with Crippen LogP contribution in [-0.4, -0.2) is 58.0 Å². The first-order chi connectivity index (χ1) is 14.9. The van der Waals surface area contributed by atoms with Crippen molar-refractivity contribution in [3.63, 3.8) is 0 Å². The van der Waals surface area contributed by atoms with Crippen LogP contribution in [0.5, 0.6) is 0 Å². The lowest BCUT2D eigenvalue weighted by Crippen LogP contribution is -2.50. The molecule has 0 bridgehead atoms. The fourth-order valence-corrected chi connectivity index (χ4v) is 4.56. The van der Waals surface area contributed by atoms with E-state index in [-0.39, 0.29) is 11.9 Å². The smallest absolute Gasteiger partial charge is 0.245 e. The second-order valence-electron chi connectivity index (χ2n) is 8.25. The van der Waals surface area contributed by atoms with E-state index in [9.17, 15) is 4.79 Å². The third-order valence-electron chi connectivity index (χ3n) is 6.16. The minimum atomic E-state index is -0.379. The maximum atomic E-state index is 13.4. The zero-order valence-corrected chi connectivity index (χ0v) is 19.7. The molecule has 0 aliphatic carbocycles. The van der Waals surface area contributed by atoms with Gasteiger partial charge in [0.25, 0.3) is 0 Å². The van der Waals surface area contributed by atoms with Gasteiger partial charge in [0.05, 0.1) is 21.1 Å². The predicted molar refractivity (Wildman–Crippen MR) is 127 cm³/mol. The number of benzene rings is 2. The average Bonchev–Trinajstić information content (AvgIpc) is 3.11. The van der Waals surface area contributed by atoms with Crippen LogP contribution in [0.2, 0.25) is 10.0 Å². The summed E-state index contributed by atoms with van der Waals surface area (Å²) in [4.78, 5) is 22.6. The highest BCUT2D eigenvalue weighted by atomic mass is 35.5. The molecule has 0 radical (unpaired) electrons. The molecule has 164 valence electrons. The quantitative estimate of drug-likeness (QED) is 0.541. The lowest BCUT2D eigenvalue weighted by molar-refractivity contribution is -0.136. The first-order valence-corrected chi connectivity index (χ1v) is 11.6. The van der Waals surface area contributed by atoms with E-state index >= 15 is 0 Å². The first kappa shape index (κ1) is 22.1. The minimum absolute atomic E-state index is 0.117. The van der Waals surface area contributed by atoms with Gasteiger partial charge in [0, 0.05) is 32.6 Å². The number of amides is 1. The number of aryl methyl sites for hydroxylation is 1. The number of carbonyl (C=O) groups excluding carboxylic acids is 1. The van der Waals surface area contributed by atoms with Crippen molar-refractivity contribution < 1.29 is 4.79 Å². The van der Waals surface area contributed by atoms with Crippen LogP contribution in [0.4, 0.5) is 0 Å². The van der Waals surface area contributed by atoms with Crippen molar-refractivity contribution in [2.45, 2.75) is 33.2 Å². The number of imidazole rings is 1. The van der Waals surface area contributed by atoms with Crippen molar-refractivity contribution in [1.82, 2.24) is 19.4 Å². The zero-order chi connectivity index (χ0) is 22.1. The van der Waals surface area contributed by atoms with Crippen molar-refractivity contribution in [3.8, 4) is 0 Å². The number of halogens is 2. The van der Waals surface area contributed by atoms with Gasteiger partial charge in [-0.15, -0.1) is 0 Å². The SMILES string of the molecule is CCN1CCN(C(=O)[C@H](C)n2c(Cc3ccc(C)cc3)nc3cc(Cl)c(Cl)cc32)CC1. The van der Waals surface area contributed by atoms with E-state index in [4.69, 9.17) is 28.2 Å². The zero-order valence-electron chi connectivity index (χ0n) is 18.2. The van der Waals surface area contributed by atoms with E-state index in [0.717, 1.165) is 55.1 Å². The van der Waals surface area contributed by atoms with Crippen LogP contribution in [0.25, 0.3) is 11.0 Å². The molecular weight excluding hydrogens is 431 g/mol. The summed E-state index contributed by atoms with van der Waals surface area (Å²) in [5, 5.41) is 0.934. The Labute approximate surface area is 193 Å². The van der Waals surface area contributed by atoms with Gasteiger partial charge >= 0.3 is 0 Å². The van der Waals surface area contributed by atoms with Crippen LogP contribution in [0.1, 0.15) is 36.8 Å². The summed E-state index contributed by atoms with van der Waals surface area (Å²) in [7, 11) is 0. The average molecular weight is 459 g/mol. The first-order valence-electron chi connectivity index (χ1n) is 10.8. The number of hydrogen-bond acceptors (Lipinski definition) is 3. The van der Waals surface area contributed by atoms with Crippen molar-refractivity contribution in [2.75, 3.05) is 32.7 Å². The molecule has 1 aliphatic rings. The minimum Gasteiger partial charge on any atom is -0.338 e. The lowest BCUT2D eigenvalue weighted by Gasteiger charge is -2.35. The molecule has 1 fully saturated rings. The molecule has 1 amide bonds. The molecule has 5 nitrogen and oxygen atoms in total. The Balaban J connectivity index is 1.70. The van der Waals surface area contributed by atoms with E-state index in [1.54, 1.807) is 6.07 Å². The van der Waals surface area contributed by atoms with Crippen LogP contribution in [0, 0.1) is 6.92 Å². The summed E-state index contributed by atoms with van der Waals surface area (Å²) in [6, 6.07) is 11.6. The van der Waals surface area contributed by atoms with Crippen LogP contribution in [0.3, 0.4) is 0 Å². The summed E-state index contributed by atoms with van der Waals surface area (Å²) in [6.07, 6.45) is 0.630. The number of piperazine rings is 1. The molecule has 2 aromatic carbocycles. The van der Waals surface area contributed by atoms with Gasteiger partial charge in [0.2, 0.25) is 5.91 Å². The Hall–Kier alpha value is -2.08. The van der Waals surface area contributed by atoms with Crippen molar-refractivity contribution >= 4 is 40.1 Å². The molecule has 1 saturated heterocycles. The van der Waals surface area contributed by atoms with Gasteiger partial charge in [-0.3, -0.25) is 4.79 Å². The number of likely N-dealkylation sites (N-methyl/N-ethyl adjacent to an activating group) is 1. The van der Waals surface area contributed by atoms with E-state index in [2.05, 4.69) is 43.0 Å². The Morgan fingerprint density at radius 1 is 1.06 bits per heavy atom. The normalized spacial score (nSPS) is 16.1. The summed E-state index contributed by atoms with van der Waals surface area (Å²) in [5.41, 5.74) is 3.96. The number of rotatable bonds is 5. The molecule has 4 rings (SSSR count). The molecular formula is C24H28Cl2N4O. The molecule has 0 saturated carbocycles. The van der Waals surface area contributed by atoms with Crippen LogP contribution in [-0.2, 0) is 11.2 Å². The Morgan fingerprint density at radius 2 is 1.71 bits per heavy atom. The topological polar surface area (TPSA) is 41.4 Å². The van der Waals surface area contributed by atoms with Crippen molar-refractivity contribution in [2.24, 2.45) is 0 Å². The number of aromatic nitrogens is 2. The van der Waals surface area contributed by atoms with Crippen molar-refractivity contribution in [3.05, 3.63) is 63.4 Å². The van der Waals surface area contributed by atoms with Crippen molar-refractivity contribution in [1.29, 1.82) is 0 Å². The monoisotopic (exact) mass is 458 g/mol. The van der Waals surface area contributed by atoms with E-state index in [0.29, 0.717) is 16.5 Å². The summed E-state index contributed by atoms with van der Waals surface area (Å²) < 4.78 is 2.03. The molecule has 2 heterocycles.